The van der Waals surface area contributed by atoms with Crippen LogP contribution in [-0.2, 0) is 6.42 Å². The van der Waals surface area contributed by atoms with Crippen LogP contribution < -0.4 is 5.73 Å². The van der Waals surface area contributed by atoms with Gasteiger partial charge in [-0.15, -0.1) is 0 Å². The molecule has 3 rings (SSSR count). The molecule has 23 heavy (non-hydrogen) atoms. The Hall–Kier alpha value is -1.81. The average molecular weight is 313 g/mol. The lowest BCUT2D eigenvalue weighted by molar-refractivity contribution is 0.100. The van der Waals surface area contributed by atoms with E-state index in [-0.39, 0.29) is 5.91 Å². The summed E-state index contributed by atoms with van der Waals surface area (Å²) in [4.78, 5) is 17.9. The highest BCUT2D eigenvalue weighted by molar-refractivity contribution is 6.06. The number of para-hydroxylation sites is 1. The van der Waals surface area contributed by atoms with Gasteiger partial charge in [-0.1, -0.05) is 26.0 Å². The number of carbonyl (C=O) groups excluding carboxylic acids is 1. The minimum Gasteiger partial charge on any atom is -0.366 e. The van der Waals surface area contributed by atoms with Crippen LogP contribution >= 0.6 is 0 Å². The normalized spacial score (nSPS) is 17.6. The van der Waals surface area contributed by atoms with Crippen molar-refractivity contribution in [3.8, 4) is 0 Å². The Morgan fingerprint density at radius 2 is 2.04 bits per heavy atom. The summed E-state index contributed by atoms with van der Waals surface area (Å²) >= 11 is 0. The monoisotopic (exact) mass is 313 g/mol. The lowest BCUT2D eigenvalue weighted by Crippen LogP contribution is -2.32. The molecule has 1 heterocycles. The van der Waals surface area contributed by atoms with E-state index in [1.54, 1.807) is 0 Å². The lowest BCUT2D eigenvalue weighted by atomic mass is 9.90. The second kappa shape index (κ2) is 6.75. The highest BCUT2D eigenvalue weighted by Gasteiger charge is 2.29. The maximum absolute atomic E-state index is 11.7. The topological polar surface area (TPSA) is 62.1 Å². The minimum atomic E-state index is -0.357. The summed E-state index contributed by atoms with van der Waals surface area (Å²) in [6.45, 7) is 6.72. The molecule has 0 fully saturated rings. The zero-order chi connectivity index (χ0) is 16.4. The number of nitrogens with one attached hydrogen (secondary N) is 1. The molecular formula is C19H27N3O. The average Bonchev–Trinajstić information content (AvgIpc) is 2.93. The number of rotatable bonds is 6. The van der Waals surface area contributed by atoms with E-state index in [4.69, 9.17) is 5.73 Å². The number of hydrogen-bond donors (Lipinski definition) is 2. The van der Waals surface area contributed by atoms with E-state index in [1.807, 2.05) is 12.1 Å². The Kier molecular flexibility index (Phi) is 4.71. The third-order valence-corrected chi connectivity index (χ3v) is 4.94. The van der Waals surface area contributed by atoms with Gasteiger partial charge in [0.05, 0.1) is 17.1 Å². The Morgan fingerprint density at radius 1 is 1.30 bits per heavy atom. The molecule has 1 amide bonds. The van der Waals surface area contributed by atoms with Crippen molar-refractivity contribution in [2.45, 2.75) is 52.0 Å². The molecule has 4 nitrogen and oxygen atoms in total. The number of nitrogens with zero attached hydrogens (tertiary/aromatic N) is 1. The Balaban J connectivity index is 2.09. The van der Waals surface area contributed by atoms with Crippen molar-refractivity contribution in [1.29, 1.82) is 0 Å². The molecule has 124 valence electrons. The van der Waals surface area contributed by atoms with E-state index in [0.717, 1.165) is 25.0 Å². The molecule has 1 aliphatic rings. The summed E-state index contributed by atoms with van der Waals surface area (Å²) in [5.74, 6) is -0.357. The number of hydrogen-bond acceptors (Lipinski definition) is 2. The molecule has 1 aromatic carbocycles. The van der Waals surface area contributed by atoms with E-state index in [1.165, 1.54) is 42.3 Å². The van der Waals surface area contributed by atoms with Crippen molar-refractivity contribution >= 4 is 16.8 Å². The number of nitrogens with two attached hydrogens (primary N) is 1. The van der Waals surface area contributed by atoms with Crippen molar-refractivity contribution in [3.63, 3.8) is 0 Å². The number of benzene rings is 1. The predicted octanol–water partition coefficient (Wildman–Crippen LogP) is 3.77. The van der Waals surface area contributed by atoms with Gasteiger partial charge in [0.1, 0.15) is 0 Å². The van der Waals surface area contributed by atoms with Gasteiger partial charge >= 0.3 is 0 Å². The first kappa shape index (κ1) is 16.1. The van der Waals surface area contributed by atoms with Crippen LogP contribution in [0.25, 0.3) is 10.9 Å². The van der Waals surface area contributed by atoms with E-state index >= 15 is 0 Å². The second-order valence-corrected chi connectivity index (χ2v) is 6.55. The Bertz CT molecular complexity index is 698. The highest BCUT2D eigenvalue weighted by Crippen LogP contribution is 2.38. The van der Waals surface area contributed by atoms with Crippen LogP contribution in [0.1, 0.15) is 67.2 Å². The van der Waals surface area contributed by atoms with E-state index in [0.29, 0.717) is 11.6 Å². The number of fused-ring (bicyclic) bond motifs is 3. The van der Waals surface area contributed by atoms with E-state index in [9.17, 15) is 4.79 Å². The fourth-order valence-corrected chi connectivity index (χ4v) is 4.03. The number of primary amides is 1. The molecule has 2 aromatic rings. The third kappa shape index (κ3) is 2.88. The van der Waals surface area contributed by atoms with Gasteiger partial charge in [-0.25, -0.2) is 0 Å². The van der Waals surface area contributed by atoms with Gasteiger partial charge < -0.3 is 10.7 Å². The zero-order valence-electron chi connectivity index (χ0n) is 14.2. The van der Waals surface area contributed by atoms with Crippen LogP contribution in [-0.4, -0.2) is 28.9 Å². The Morgan fingerprint density at radius 3 is 2.70 bits per heavy atom. The third-order valence-electron chi connectivity index (χ3n) is 4.94. The van der Waals surface area contributed by atoms with Crippen molar-refractivity contribution in [2.75, 3.05) is 13.1 Å². The summed E-state index contributed by atoms with van der Waals surface area (Å²) in [5.41, 5.74) is 9.78. The van der Waals surface area contributed by atoms with Gasteiger partial charge in [0.15, 0.2) is 0 Å². The van der Waals surface area contributed by atoms with Crippen LogP contribution in [0, 0.1) is 0 Å². The van der Waals surface area contributed by atoms with Gasteiger partial charge in [-0.05, 0) is 56.8 Å². The van der Waals surface area contributed by atoms with Crippen LogP contribution in [0.2, 0.25) is 0 Å². The van der Waals surface area contributed by atoms with E-state index in [2.05, 4.69) is 29.8 Å². The zero-order valence-corrected chi connectivity index (χ0v) is 14.2. The standard InChI is InChI=1S/C19H27N3O/c1-3-11-22(12-4-2)16-10-6-8-14-13-7-5-9-15(19(20)23)17(13)21-18(14)16/h5,7,9,16,21H,3-4,6,8,10-12H2,1-2H3,(H2,20,23). The number of aromatic nitrogens is 1. The van der Waals surface area contributed by atoms with Crippen LogP contribution in [0.4, 0.5) is 0 Å². The van der Waals surface area contributed by atoms with Crippen LogP contribution in [0.3, 0.4) is 0 Å². The van der Waals surface area contributed by atoms with Gasteiger partial charge in [0, 0.05) is 11.1 Å². The number of amides is 1. The Labute approximate surface area is 138 Å². The fraction of sp³-hybridized carbons (Fsp3) is 0.526. The summed E-state index contributed by atoms with van der Waals surface area (Å²) in [6.07, 6.45) is 5.80. The van der Waals surface area contributed by atoms with Crippen molar-refractivity contribution < 1.29 is 4.79 Å². The molecule has 1 aromatic heterocycles. The molecule has 0 spiro atoms. The molecule has 0 aliphatic heterocycles. The van der Waals surface area contributed by atoms with Crippen molar-refractivity contribution in [2.24, 2.45) is 5.73 Å². The predicted molar refractivity (Wildman–Crippen MR) is 94.7 cm³/mol. The molecule has 0 saturated carbocycles. The van der Waals surface area contributed by atoms with E-state index < -0.39 is 0 Å². The maximum atomic E-state index is 11.7. The molecule has 1 aliphatic carbocycles. The number of aromatic amines is 1. The first-order chi connectivity index (χ1) is 11.2. The summed E-state index contributed by atoms with van der Waals surface area (Å²) < 4.78 is 0. The molecular weight excluding hydrogens is 286 g/mol. The largest absolute Gasteiger partial charge is 0.366 e. The van der Waals surface area contributed by atoms with Gasteiger partial charge in [-0.3, -0.25) is 9.69 Å². The first-order valence-electron chi connectivity index (χ1n) is 8.84. The first-order valence-corrected chi connectivity index (χ1v) is 8.84. The smallest absolute Gasteiger partial charge is 0.250 e. The van der Waals surface area contributed by atoms with Gasteiger partial charge in [-0.2, -0.15) is 0 Å². The summed E-state index contributed by atoms with van der Waals surface area (Å²) in [7, 11) is 0. The highest BCUT2D eigenvalue weighted by atomic mass is 16.1. The molecule has 1 unspecified atom stereocenters. The SMILES string of the molecule is CCCN(CCC)C1CCCc2c1[nH]c1c(C(N)=O)cccc21. The molecule has 3 N–H and O–H groups in total. The molecule has 4 heteroatoms. The second-order valence-electron chi connectivity index (χ2n) is 6.55. The summed E-state index contributed by atoms with van der Waals surface area (Å²) in [5, 5.41) is 1.17. The molecule has 1 atom stereocenters. The quantitative estimate of drug-likeness (QED) is 0.853. The number of carbonyl (C=O) groups is 1. The minimum absolute atomic E-state index is 0.357. The summed E-state index contributed by atoms with van der Waals surface area (Å²) in [6, 6.07) is 6.31. The van der Waals surface area contributed by atoms with Crippen LogP contribution in [0.5, 0.6) is 0 Å². The van der Waals surface area contributed by atoms with Crippen LogP contribution in [0.15, 0.2) is 18.2 Å². The van der Waals surface area contributed by atoms with Gasteiger partial charge in [0.25, 0.3) is 5.91 Å². The number of aryl methyl sites for hydroxylation is 1. The van der Waals surface area contributed by atoms with Gasteiger partial charge in [0.2, 0.25) is 0 Å². The van der Waals surface area contributed by atoms with Crippen molar-refractivity contribution in [3.05, 3.63) is 35.0 Å². The lowest BCUT2D eigenvalue weighted by Gasteiger charge is -2.34. The fourth-order valence-electron chi connectivity index (χ4n) is 4.03. The maximum Gasteiger partial charge on any atom is 0.250 e. The molecule has 0 bridgehead atoms. The van der Waals surface area contributed by atoms with Crippen molar-refractivity contribution in [1.82, 2.24) is 9.88 Å². The molecule has 0 radical (unpaired) electrons. The molecule has 0 saturated heterocycles. The number of H-pyrrole nitrogens is 1.